The molecule has 0 amide bonds. The molecule has 0 spiro atoms. The number of aliphatic hydroxyl groups excluding tert-OH is 1. The first-order valence-electron chi connectivity index (χ1n) is 9.29. The first kappa shape index (κ1) is 25.7. The Kier molecular flexibility index (Phi) is 15.0. The van der Waals surface area contributed by atoms with Crippen molar-refractivity contribution in [3.8, 4) is 5.75 Å². The smallest absolute Gasteiger partial charge is 0.137 e. The maximum atomic E-state index is 9.96. The maximum Gasteiger partial charge on any atom is 0.137 e. The van der Waals surface area contributed by atoms with Gasteiger partial charge in [-0.1, -0.05) is 48.5 Å². The first-order valence-corrected chi connectivity index (χ1v) is 9.29. The van der Waals surface area contributed by atoms with E-state index in [0.717, 1.165) is 31.7 Å². The molecule has 2 rings (SSSR count). The third-order valence-corrected chi connectivity index (χ3v) is 4.21. The van der Waals surface area contributed by atoms with Crippen molar-refractivity contribution in [3.05, 3.63) is 66.2 Å². The van der Waals surface area contributed by atoms with Gasteiger partial charge in [0.05, 0.1) is 19.1 Å². The molecule has 0 fully saturated rings. The molecule has 2 unspecified atom stereocenters. The fourth-order valence-electron chi connectivity index (χ4n) is 2.82. The van der Waals surface area contributed by atoms with Gasteiger partial charge in [0.25, 0.3) is 0 Å². The Labute approximate surface area is 175 Å². The average Bonchev–Trinajstić information content (AvgIpc) is 2.64. The number of quaternary nitrogens is 2. The quantitative estimate of drug-likeness (QED) is 0.303. The fourth-order valence-corrected chi connectivity index (χ4v) is 2.82. The Bertz CT molecular complexity index is 573. The van der Waals surface area contributed by atoms with Crippen LogP contribution in [0.25, 0.3) is 0 Å². The molecule has 6 heteroatoms. The molecule has 0 saturated heterocycles. The van der Waals surface area contributed by atoms with Crippen molar-refractivity contribution in [2.75, 3.05) is 26.2 Å². The van der Waals surface area contributed by atoms with Crippen molar-refractivity contribution >= 4 is 0 Å². The van der Waals surface area contributed by atoms with Gasteiger partial charge in [-0.15, -0.1) is 0 Å². The van der Waals surface area contributed by atoms with Crippen molar-refractivity contribution in [3.63, 3.8) is 0 Å². The number of aliphatic hydroxyl groups is 1. The molecule has 0 radical (unpaired) electrons. The Hall–Kier alpha value is -1.30. The Morgan fingerprint density at radius 2 is 1.56 bits per heavy atom. The Balaban J connectivity index is 0.00000338. The highest BCUT2D eigenvalue weighted by Gasteiger charge is 2.08. The lowest BCUT2D eigenvalue weighted by molar-refractivity contribution is -0.700. The zero-order valence-corrected chi connectivity index (χ0v) is 17.4. The number of para-hydroxylation sites is 1. The van der Waals surface area contributed by atoms with Crippen LogP contribution in [0.15, 0.2) is 60.7 Å². The molecule has 2 aromatic carbocycles. The number of rotatable bonds is 12. The van der Waals surface area contributed by atoms with Gasteiger partial charge >= 0.3 is 0 Å². The minimum Gasteiger partial charge on any atom is -1.00 e. The average molecular weight is 415 g/mol. The van der Waals surface area contributed by atoms with Gasteiger partial charge < -0.3 is 45.3 Å². The van der Waals surface area contributed by atoms with Crippen LogP contribution in [0.5, 0.6) is 5.75 Å². The van der Waals surface area contributed by atoms with E-state index in [1.54, 1.807) is 0 Å². The maximum absolute atomic E-state index is 9.96. The van der Waals surface area contributed by atoms with Crippen molar-refractivity contribution in [2.45, 2.75) is 31.9 Å². The van der Waals surface area contributed by atoms with E-state index in [4.69, 9.17) is 4.74 Å². The van der Waals surface area contributed by atoms with Crippen LogP contribution in [0.2, 0.25) is 0 Å². The van der Waals surface area contributed by atoms with Gasteiger partial charge in [-0.05, 0) is 24.6 Å². The van der Waals surface area contributed by atoms with Gasteiger partial charge in [0.1, 0.15) is 25.0 Å². The molecule has 0 aromatic heterocycles. The fraction of sp³-hybridized carbons (Fsp3) is 0.429. The van der Waals surface area contributed by atoms with Crippen LogP contribution < -0.4 is 40.2 Å². The van der Waals surface area contributed by atoms with Crippen LogP contribution in [-0.4, -0.2) is 43.5 Å². The van der Waals surface area contributed by atoms with Gasteiger partial charge in [-0.25, -0.2) is 0 Å². The predicted octanol–water partition coefficient (Wildman–Crippen LogP) is -5.42. The van der Waals surface area contributed by atoms with Crippen LogP contribution in [0.1, 0.15) is 18.9 Å². The molecule has 4 nitrogen and oxygen atoms in total. The second-order valence-corrected chi connectivity index (χ2v) is 6.64. The molecule has 2 aromatic rings. The summed E-state index contributed by atoms with van der Waals surface area (Å²) in [5.74, 6) is 0.809. The van der Waals surface area contributed by atoms with Crippen molar-refractivity contribution in [1.29, 1.82) is 0 Å². The van der Waals surface area contributed by atoms with E-state index in [1.165, 1.54) is 5.56 Å². The monoisotopic (exact) mass is 414 g/mol. The number of benzene rings is 2. The summed E-state index contributed by atoms with van der Waals surface area (Å²) in [6.07, 6.45) is 1.83. The number of ether oxygens (including phenoxy) is 1. The van der Waals surface area contributed by atoms with E-state index in [0.29, 0.717) is 19.2 Å². The highest BCUT2D eigenvalue weighted by atomic mass is 35.5. The number of hydrogen-bond acceptors (Lipinski definition) is 2. The molecular weight excluding hydrogens is 383 g/mol. The molecule has 152 valence electrons. The molecule has 0 aliphatic rings. The van der Waals surface area contributed by atoms with Gasteiger partial charge in [-0.3, -0.25) is 0 Å². The lowest BCUT2D eigenvalue weighted by atomic mass is 10.1. The van der Waals surface area contributed by atoms with Gasteiger partial charge in [0, 0.05) is 12.8 Å². The highest BCUT2D eigenvalue weighted by molar-refractivity contribution is 5.20. The van der Waals surface area contributed by atoms with E-state index in [9.17, 15) is 5.11 Å². The van der Waals surface area contributed by atoms with E-state index in [-0.39, 0.29) is 24.8 Å². The largest absolute Gasteiger partial charge is 1.00 e. The Morgan fingerprint density at radius 1 is 0.926 bits per heavy atom. The number of nitrogens with two attached hydrogens (primary N) is 2. The van der Waals surface area contributed by atoms with Crippen LogP contribution >= 0.6 is 0 Å². The highest BCUT2D eigenvalue weighted by Crippen LogP contribution is 2.08. The molecular formula is C21H32Cl2N2O2. The summed E-state index contributed by atoms with van der Waals surface area (Å²) in [4.78, 5) is 0. The lowest BCUT2D eigenvalue weighted by Crippen LogP contribution is -3.00. The van der Waals surface area contributed by atoms with E-state index in [2.05, 4.69) is 47.9 Å². The number of halogens is 2. The van der Waals surface area contributed by atoms with Gasteiger partial charge in [-0.2, -0.15) is 0 Å². The van der Waals surface area contributed by atoms with Crippen molar-refractivity contribution in [2.24, 2.45) is 0 Å². The number of hydrogen-bond donors (Lipinski definition) is 3. The molecule has 5 N–H and O–H groups in total. The van der Waals surface area contributed by atoms with Crippen molar-refractivity contribution in [1.82, 2.24) is 0 Å². The predicted molar refractivity (Wildman–Crippen MR) is 101 cm³/mol. The van der Waals surface area contributed by atoms with Gasteiger partial charge in [0.15, 0.2) is 0 Å². The van der Waals surface area contributed by atoms with E-state index in [1.807, 2.05) is 30.3 Å². The zero-order valence-electron chi connectivity index (χ0n) is 15.9. The van der Waals surface area contributed by atoms with Crippen LogP contribution in [-0.2, 0) is 6.42 Å². The van der Waals surface area contributed by atoms with Crippen LogP contribution in [0, 0.1) is 0 Å². The normalized spacial score (nSPS) is 12.4. The van der Waals surface area contributed by atoms with Crippen LogP contribution in [0.3, 0.4) is 0 Å². The molecule has 0 aliphatic heterocycles. The van der Waals surface area contributed by atoms with Gasteiger partial charge in [0.2, 0.25) is 0 Å². The first-order chi connectivity index (χ1) is 12.2. The summed E-state index contributed by atoms with van der Waals surface area (Å²) in [5.41, 5.74) is 1.40. The zero-order chi connectivity index (χ0) is 17.7. The van der Waals surface area contributed by atoms with Crippen LogP contribution in [0.4, 0.5) is 0 Å². The summed E-state index contributed by atoms with van der Waals surface area (Å²) < 4.78 is 5.56. The minimum absolute atomic E-state index is 0. The summed E-state index contributed by atoms with van der Waals surface area (Å²) in [6, 6.07) is 20.9. The Morgan fingerprint density at radius 3 is 2.22 bits per heavy atom. The SMILES string of the molecule is CC(Cc1ccccc1)[NH2+]CCC[NH2+]CC(O)COc1ccccc1.[Cl-].[Cl-]. The molecule has 2 atom stereocenters. The molecule has 27 heavy (non-hydrogen) atoms. The molecule has 0 aliphatic carbocycles. The third kappa shape index (κ3) is 11.9. The van der Waals surface area contributed by atoms with E-state index >= 15 is 0 Å². The van der Waals surface area contributed by atoms with Crippen molar-refractivity contribution < 1.29 is 45.3 Å². The third-order valence-electron chi connectivity index (χ3n) is 4.21. The summed E-state index contributed by atoms with van der Waals surface area (Å²) in [7, 11) is 0. The standard InChI is InChI=1S/C21H30N2O2.2ClH/c1-18(15-19-9-4-2-5-10-19)23-14-8-13-22-16-20(24)17-25-21-11-6-3-7-12-21;;/h2-7,9-12,18,20,22-24H,8,13-17H2,1H3;2*1H. The molecule has 0 bridgehead atoms. The minimum atomic E-state index is -0.429. The summed E-state index contributed by atoms with van der Waals surface area (Å²) in [6.45, 7) is 5.48. The summed E-state index contributed by atoms with van der Waals surface area (Å²) >= 11 is 0. The molecule has 0 heterocycles. The molecule has 0 saturated carbocycles. The van der Waals surface area contributed by atoms with E-state index < -0.39 is 6.10 Å². The summed E-state index contributed by atoms with van der Waals surface area (Å²) in [5, 5.41) is 14.5. The topological polar surface area (TPSA) is 62.7 Å². The second-order valence-electron chi connectivity index (χ2n) is 6.64. The second kappa shape index (κ2) is 15.7. The lowest BCUT2D eigenvalue weighted by Gasteiger charge is -2.12.